The van der Waals surface area contributed by atoms with Gasteiger partial charge in [0.05, 0.1) is 30.8 Å². The van der Waals surface area contributed by atoms with Crippen molar-refractivity contribution in [2.45, 2.75) is 39.2 Å². The van der Waals surface area contributed by atoms with Gasteiger partial charge in [0.2, 0.25) is 0 Å². The third-order valence-corrected chi connectivity index (χ3v) is 6.48. The van der Waals surface area contributed by atoms with E-state index in [0.29, 0.717) is 12.8 Å². The van der Waals surface area contributed by atoms with Crippen molar-refractivity contribution in [1.82, 2.24) is 0 Å². The van der Waals surface area contributed by atoms with Crippen molar-refractivity contribution in [3.8, 4) is 0 Å². The van der Waals surface area contributed by atoms with Gasteiger partial charge in [-0.3, -0.25) is 9.59 Å². The summed E-state index contributed by atoms with van der Waals surface area (Å²) >= 11 is 0. The summed E-state index contributed by atoms with van der Waals surface area (Å²) in [5, 5.41) is 2.70. The number of hydrogen-bond donors (Lipinski definition) is 1. The van der Waals surface area contributed by atoms with E-state index in [1.807, 2.05) is 20.8 Å². The van der Waals surface area contributed by atoms with Gasteiger partial charge >= 0.3 is 17.9 Å². The van der Waals surface area contributed by atoms with Gasteiger partial charge in [-0.25, -0.2) is 9.59 Å². The third-order valence-electron chi connectivity index (χ3n) is 6.48. The zero-order valence-electron chi connectivity index (χ0n) is 16.5. The molecule has 2 atom stereocenters. The minimum atomic E-state index is -1.31. The molecular formula is C20H23NO7. The van der Waals surface area contributed by atoms with Crippen LogP contribution in [0.4, 0.5) is 5.69 Å². The summed E-state index contributed by atoms with van der Waals surface area (Å²) in [5.74, 6) is -2.22. The molecule has 8 heteroatoms. The van der Waals surface area contributed by atoms with Crippen molar-refractivity contribution < 1.29 is 33.4 Å². The van der Waals surface area contributed by atoms with Gasteiger partial charge in [0, 0.05) is 11.1 Å². The molecule has 8 nitrogen and oxygen atoms in total. The highest BCUT2D eigenvalue weighted by atomic mass is 16.6. The van der Waals surface area contributed by atoms with Crippen molar-refractivity contribution in [3.63, 3.8) is 0 Å². The molecule has 28 heavy (non-hydrogen) atoms. The average molecular weight is 389 g/mol. The van der Waals surface area contributed by atoms with Gasteiger partial charge in [0.25, 0.3) is 5.91 Å². The van der Waals surface area contributed by atoms with Crippen LogP contribution in [0.1, 0.15) is 54.3 Å². The Morgan fingerprint density at radius 2 is 1.50 bits per heavy atom. The average Bonchev–Trinajstić information content (AvgIpc) is 2.96. The number of nitrogens with one attached hydrogen (secondary N) is 1. The summed E-state index contributed by atoms with van der Waals surface area (Å²) in [7, 11) is 2.43. The predicted molar refractivity (Wildman–Crippen MR) is 97.7 cm³/mol. The Morgan fingerprint density at radius 1 is 0.964 bits per heavy atom. The number of amides is 1. The number of fused-ring (bicyclic) bond motifs is 2. The topological polar surface area (TPSA) is 108 Å². The minimum Gasteiger partial charge on any atom is -0.465 e. The van der Waals surface area contributed by atoms with Crippen LogP contribution in [0.25, 0.3) is 0 Å². The zero-order valence-corrected chi connectivity index (χ0v) is 16.5. The molecule has 2 bridgehead atoms. The molecule has 150 valence electrons. The molecule has 2 aliphatic rings. The highest BCUT2D eigenvalue weighted by Gasteiger charge is 2.75. The standard InChI is InChI=1S/C20H23NO7/c1-18(2)19(3)6-7-20(18,28-17(19)25)16(24)21-13-9-11(14(22)26-4)8-12(10-13)15(23)27-5/h8-10H,6-7H2,1-5H3,(H,21,24)/t19-,20-/m1/s1. The van der Waals surface area contributed by atoms with Gasteiger partial charge in [-0.15, -0.1) is 0 Å². The second kappa shape index (κ2) is 6.32. The smallest absolute Gasteiger partial charge is 0.337 e. The molecule has 1 aliphatic heterocycles. The summed E-state index contributed by atoms with van der Waals surface area (Å²) in [6, 6.07) is 4.10. The van der Waals surface area contributed by atoms with Crippen LogP contribution in [0.5, 0.6) is 0 Å². The molecule has 2 fully saturated rings. The van der Waals surface area contributed by atoms with Gasteiger partial charge in [-0.1, -0.05) is 13.8 Å². The van der Waals surface area contributed by atoms with E-state index >= 15 is 0 Å². The first-order valence-corrected chi connectivity index (χ1v) is 8.89. The molecule has 3 rings (SSSR count). The molecular weight excluding hydrogens is 366 g/mol. The number of rotatable bonds is 4. The van der Waals surface area contributed by atoms with Crippen LogP contribution in [0.3, 0.4) is 0 Å². The molecule has 1 saturated carbocycles. The summed E-state index contributed by atoms with van der Waals surface area (Å²) in [4.78, 5) is 49.4. The van der Waals surface area contributed by atoms with E-state index in [0.717, 1.165) is 0 Å². The number of ether oxygens (including phenoxy) is 3. The van der Waals surface area contributed by atoms with Crippen LogP contribution in [0, 0.1) is 10.8 Å². The van der Waals surface area contributed by atoms with Crippen LogP contribution in [0.15, 0.2) is 18.2 Å². The first-order valence-electron chi connectivity index (χ1n) is 8.89. The summed E-state index contributed by atoms with van der Waals surface area (Å²) in [5.41, 5.74) is -2.41. The molecule has 1 N–H and O–H groups in total. The summed E-state index contributed by atoms with van der Waals surface area (Å²) in [6.45, 7) is 5.50. The lowest BCUT2D eigenvalue weighted by atomic mass is 9.66. The van der Waals surface area contributed by atoms with Crippen molar-refractivity contribution >= 4 is 29.5 Å². The maximum Gasteiger partial charge on any atom is 0.337 e. The van der Waals surface area contributed by atoms with Crippen molar-refractivity contribution in [3.05, 3.63) is 29.3 Å². The summed E-state index contributed by atoms with van der Waals surface area (Å²) in [6.07, 6.45) is 0.941. The Balaban J connectivity index is 1.98. The lowest BCUT2D eigenvalue weighted by Crippen LogP contribution is -2.50. The van der Waals surface area contributed by atoms with Gasteiger partial charge in [0.1, 0.15) is 0 Å². The molecule has 1 aromatic rings. The minimum absolute atomic E-state index is 0.0807. The SMILES string of the molecule is COC(=O)c1cc(NC(=O)[C@@]23CC[C@](C)(C(=O)O2)C3(C)C)cc(C(=O)OC)c1. The molecule has 0 spiro atoms. The van der Waals surface area contributed by atoms with E-state index in [9.17, 15) is 19.2 Å². The van der Waals surface area contributed by atoms with Crippen LogP contribution in [0.2, 0.25) is 0 Å². The lowest BCUT2D eigenvalue weighted by molar-refractivity contribution is -0.165. The molecule has 0 radical (unpaired) electrons. The van der Waals surface area contributed by atoms with Crippen molar-refractivity contribution in [2.75, 3.05) is 19.5 Å². The lowest BCUT2D eigenvalue weighted by Gasteiger charge is -2.35. The van der Waals surface area contributed by atoms with Gasteiger partial charge in [-0.05, 0) is 38.0 Å². The maximum absolute atomic E-state index is 13.2. The highest BCUT2D eigenvalue weighted by Crippen LogP contribution is 2.65. The normalized spacial score (nSPS) is 27.1. The molecule has 0 aromatic heterocycles. The Bertz CT molecular complexity index is 856. The van der Waals surface area contributed by atoms with Gasteiger partial charge < -0.3 is 19.5 Å². The molecule has 1 heterocycles. The fraction of sp³-hybridized carbons (Fsp3) is 0.500. The van der Waals surface area contributed by atoms with Crippen LogP contribution in [-0.4, -0.2) is 43.6 Å². The maximum atomic E-state index is 13.2. The highest BCUT2D eigenvalue weighted by molar-refractivity contribution is 6.05. The van der Waals surface area contributed by atoms with E-state index < -0.39 is 40.2 Å². The molecule has 1 aromatic carbocycles. The Labute approximate surface area is 162 Å². The summed E-state index contributed by atoms with van der Waals surface area (Å²) < 4.78 is 15.0. The Kier molecular flexibility index (Phi) is 4.48. The number of methoxy groups -OCH3 is 2. The largest absolute Gasteiger partial charge is 0.465 e. The molecule has 1 amide bonds. The first kappa shape index (κ1) is 19.9. The molecule has 1 aliphatic carbocycles. The van der Waals surface area contributed by atoms with Gasteiger partial charge in [0.15, 0.2) is 5.60 Å². The molecule has 1 saturated heterocycles. The van der Waals surface area contributed by atoms with Crippen LogP contribution < -0.4 is 5.32 Å². The van der Waals surface area contributed by atoms with E-state index in [2.05, 4.69) is 5.32 Å². The van der Waals surface area contributed by atoms with Crippen molar-refractivity contribution in [2.24, 2.45) is 10.8 Å². The number of carbonyl (C=O) groups excluding carboxylic acids is 4. The Hall–Kier alpha value is -2.90. The van der Waals surface area contributed by atoms with E-state index in [1.54, 1.807) is 0 Å². The number of carbonyl (C=O) groups is 4. The zero-order chi connectivity index (χ0) is 20.9. The monoisotopic (exact) mass is 389 g/mol. The fourth-order valence-corrected chi connectivity index (χ4v) is 4.15. The number of esters is 3. The van der Waals surface area contributed by atoms with Gasteiger partial charge in [-0.2, -0.15) is 0 Å². The van der Waals surface area contributed by atoms with Crippen LogP contribution >= 0.6 is 0 Å². The quantitative estimate of drug-likeness (QED) is 0.622. The second-order valence-electron chi connectivity index (χ2n) is 7.91. The van der Waals surface area contributed by atoms with E-state index in [1.165, 1.54) is 32.4 Å². The number of benzene rings is 1. The second-order valence-corrected chi connectivity index (χ2v) is 7.91. The Morgan fingerprint density at radius 3 is 1.89 bits per heavy atom. The fourth-order valence-electron chi connectivity index (χ4n) is 4.15. The van der Waals surface area contributed by atoms with Crippen molar-refractivity contribution in [1.29, 1.82) is 0 Å². The number of anilines is 1. The first-order chi connectivity index (χ1) is 13.0. The molecule has 0 unspecified atom stereocenters. The van der Waals surface area contributed by atoms with E-state index in [4.69, 9.17) is 14.2 Å². The third kappa shape index (κ3) is 2.51. The predicted octanol–water partition coefficient (Wildman–Crippen LogP) is 2.32. The van der Waals surface area contributed by atoms with Crippen LogP contribution in [-0.2, 0) is 23.8 Å². The number of hydrogen-bond acceptors (Lipinski definition) is 7. The van der Waals surface area contributed by atoms with E-state index in [-0.39, 0.29) is 16.8 Å².